The molecule has 10 heteroatoms. The number of esters is 1. The van der Waals surface area contributed by atoms with Crippen molar-refractivity contribution in [2.24, 2.45) is 0 Å². The Bertz CT molecular complexity index is 843. The van der Waals surface area contributed by atoms with Gasteiger partial charge in [-0.1, -0.05) is 6.08 Å². The molecule has 2 amide bonds. The van der Waals surface area contributed by atoms with E-state index in [0.29, 0.717) is 12.2 Å². The van der Waals surface area contributed by atoms with Crippen molar-refractivity contribution in [3.05, 3.63) is 35.4 Å². The Balaban J connectivity index is 2.07. The molecule has 2 rings (SSSR count). The van der Waals surface area contributed by atoms with Crippen molar-refractivity contribution < 1.29 is 34.1 Å². The van der Waals surface area contributed by atoms with Gasteiger partial charge >= 0.3 is 5.97 Å². The Morgan fingerprint density at radius 3 is 2.58 bits per heavy atom. The lowest BCUT2D eigenvalue weighted by molar-refractivity contribution is -0.140. The number of hydrogen-bond donors (Lipinski definition) is 4. The molecule has 0 aliphatic heterocycles. The van der Waals surface area contributed by atoms with Crippen LogP contribution >= 0.6 is 11.8 Å². The van der Waals surface area contributed by atoms with Gasteiger partial charge in [-0.05, 0) is 30.9 Å². The van der Waals surface area contributed by atoms with Gasteiger partial charge in [-0.25, -0.2) is 0 Å². The van der Waals surface area contributed by atoms with Crippen molar-refractivity contribution in [1.29, 1.82) is 0 Å². The van der Waals surface area contributed by atoms with Crippen LogP contribution in [0.15, 0.2) is 34.7 Å². The Hall–Kier alpha value is -2.56. The zero-order valence-corrected chi connectivity index (χ0v) is 18.5. The van der Waals surface area contributed by atoms with Gasteiger partial charge in [-0.2, -0.15) is 0 Å². The second-order valence-electron chi connectivity index (χ2n) is 6.96. The minimum Gasteiger partial charge on any atom is -0.496 e. The first-order valence-electron chi connectivity index (χ1n) is 9.75. The van der Waals surface area contributed by atoms with Crippen LogP contribution < -0.4 is 15.4 Å². The van der Waals surface area contributed by atoms with Crippen molar-refractivity contribution >= 4 is 29.5 Å². The number of methoxy groups -OCH3 is 2. The molecule has 1 aromatic rings. The lowest BCUT2D eigenvalue weighted by Gasteiger charge is -2.31. The zero-order valence-electron chi connectivity index (χ0n) is 17.7. The van der Waals surface area contributed by atoms with E-state index in [1.165, 1.54) is 32.1 Å². The van der Waals surface area contributed by atoms with E-state index in [4.69, 9.17) is 4.74 Å². The fourth-order valence-corrected chi connectivity index (χ4v) is 3.56. The van der Waals surface area contributed by atoms with E-state index >= 15 is 0 Å². The van der Waals surface area contributed by atoms with Crippen LogP contribution in [0, 0.1) is 0 Å². The summed E-state index contributed by atoms with van der Waals surface area (Å²) in [6.07, 6.45) is 1.38. The van der Waals surface area contributed by atoms with Gasteiger partial charge in [0.25, 0.3) is 5.91 Å². The molecule has 0 radical (unpaired) electrons. The Morgan fingerprint density at radius 2 is 1.94 bits per heavy atom. The molecular weight excluding hydrogens is 424 g/mol. The summed E-state index contributed by atoms with van der Waals surface area (Å²) in [6, 6.07) is 4.16. The molecule has 0 aromatic heterocycles. The smallest absolute Gasteiger partial charge is 0.305 e. The Kier molecular flexibility index (Phi) is 9.35. The molecule has 170 valence electrons. The van der Waals surface area contributed by atoms with Gasteiger partial charge in [0.15, 0.2) is 0 Å². The summed E-state index contributed by atoms with van der Waals surface area (Å²) in [5.74, 6) is -0.926. The maximum atomic E-state index is 12.8. The van der Waals surface area contributed by atoms with Gasteiger partial charge in [0, 0.05) is 29.9 Å². The highest BCUT2D eigenvalue weighted by Gasteiger charge is 2.34. The van der Waals surface area contributed by atoms with Crippen LogP contribution in [-0.4, -0.2) is 73.3 Å². The minimum atomic E-state index is -1.27. The lowest BCUT2D eigenvalue weighted by atomic mass is 9.89. The largest absolute Gasteiger partial charge is 0.496 e. The van der Waals surface area contributed by atoms with Gasteiger partial charge in [-0.15, -0.1) is 11.8 Å². The molecule has 0 spiro atoms. The number of aliphatic hydroxyl groups excluding tert-OH is 2. The minimum absolute atomic E-state index is 0.0535. The van der Waals surface area contributed by atoms with Crippen LogP contribution in [0.3, 0.4) is 0 Å². The number of benzene rings is 1. The third kappa shape index (κ3) is 6.71. The number of rotatable bonds is 9. The predicted octanol–water partition coefficient (Wildman–Crippen LogP) is 0.637. The molecule has 0 bridgehead atoms. The molecule has 1 aliphatic carbocycles. The number of carbonyl (C=O) groups is 3. The zero-order chi connectivity index (χ0) is 23.0. The molecule has 3 atom stereocenters. The van der Waals surface area contributed by atoms with Gasteiger partial charge in [0.05, 0.1) is 31.9 Å². The molecule has 4 N–H and O–H groups in total. The average Bonchev–Trinajstić information content (AvgIpc) is 2.78. The monoisotopic (exact) mass is 452 g/mol. The van der Waals surface area contributed by atoms with Crippen LogP contribution in [-0.2, 0) is 14.3 Å². The molecule has 31 heavy (non-hydrogen) atoms. The van der Waals surface area contributed by atoms with E-state index in [0.717, 1.165) is 4.90 Å². The highest BCUT2D eigenvalue weighted by Crippen LogP contribution is 2.26. The average molecular weight is 453 g/mol. The van der Waals surface area contributed by atoms with Crippen LogP contribution in [0.5, 0.6) is 5.75 Å². The van der Waals surface area contributed by atoms with Gasteiger partial charge in [0.2, 0.25) is 5.91 Å². The fourth-order valence-electron chi connectivity index (χ4n) is 3.13. The van der Waals surface area contributed by atoms with Crippen molar-refractivity contribution in [1.82, 2.24) is 10.6 Å². The number of carbonyl (C=O) groups excluding carboxylic acids is 3. The van der Waals surface area contributed by atoms with Crippen molar-refractivity contribution in [2.75, 3.05) is 27.0 Å². The second kappa shape index (κ2) is 11.7. The first kappa shape index (κ1) is 24.7. The SMILES string of the molecule is COC(=O)CCCNC(=O)C1=CC(NC(=O)c2ccc(SC)cc2OC)C(O)C(O)C1. The van der Waals surface area contributed by atoms with E-state index in [1.54, 1.807) is 18.2 Å². The van der Waals surface area contributed by atoms with E-state index in [2.05, 4.69) is 15.4 Å². The summed E-state index contributed by atoms with van der Waals surface area (Å²) in [5.41, 5.74) is 0.514. The molecule has 1 aromatic carbocycles. The van der Waals surface area contributed by atoms with Gasteiger partial charge < -0.3 is 30.3 Å². The van der Waals surface area contributed by atoms with Crippen LogP contribution in [0.2, 0.25) is 0 Å². The van der Waals surface area contributed by atoms with E-state index in [-0.39, 0.29) is 36.5 Å². The number of hydrogen-bond acceptors (Lipinski definition) is 8. The molecule has 0 saturated heterocycles. The molecule has 1 aliphatic rings. The quantitative estimate of drug-likeness (QED) is 0.244. The third-order valence-electron chi connectivity index (χ3n) is 4.89. The van der Waals surface area contributed by atoms with Crippen LogP contribution in [0.1, 0.15) is 29.6 Å². The Morgan fingerprint density at radius 1 is 1.19 bits per heavy atom. The summed E-state index contributed by atoms with van der Waals surface area (Å²) >= 11 is 1.51. The normalized spacial score (nSPS) is 20.4. The lowest BCUT2D eigenvalue weighted by Crippen LogP contribution is -2.51. The van der Waals surface area contributed by atoms with Gasteiger partial charge in [-0.3, -0.25) is 14.4 Å². The summed E-state index contributed by atoms with van der Waals surface area (Å²) in [6.45, 7) is 0.250. The molecule has 0 heterocycles. The first-order chi connectivity index (χ1) is 14.8. The van der Waals surface area contributed by atoms with Crippen LogP contribution in [0.4, 0.5) is 0 Å². The standard InChI is InChI=1S/C21H28N2O7S/c1-29-17-11-13(31-3)6-7-14(17)21(28)23-15-9-12(10-16(24)19(15)26)20(27)22-8-4-5-18(25)30-2/h6-7,9,11,15-16,19,24,26H,4-5,8,10H2,1-3H3,(H,22,27)(H,23,28). The molecular formula is C21H28N2O7S. The highest BCUT2D eigenvalue weighted by molar-refractivity contribution is 7.98. The highest BCUT2D eigenvalue weighted by atomic mass is 32.2. The van der Waals surface area contributed by atoms with Crippen LogP contribution in [0.25, 0.3) is 0 Å². The van der Waals surface area contributed by atoms with Crippen molar-refractivity contribution in [2.45, 2.75) is 42.4 Å². The maximum absolute atomic E-state index is 12.8. The number of aliphatic hydroxyl groups is 2. The predicted molar refractivity (Wildman–Crippen MR) is 115 cm³/mol. The van der Waals surface area contributed by atoms with Crippen molar-refractivity contribution in [3.63, 3.8) is 0 Å². The second-order valence-corrected chi connectivity index (χ2v) is 7.83. The van der Waals surface area contributed by atoms with E-state index < -0.39 is 30.1 Å². The van der Waals surface area contributed by atoms with E-state index in [9.17, 15) is 24.6 Å². The third-order valence-corrected chi connectivity index (χ3v) is 5.61. The number of thioether (sulfide) groups is 1. The topological polar surface area (TPSA) is 134 Å². The number of amides is 2. The summed E-state index contributed by atoms with van der Waals surface area (Å²) in [5, 5.41) is 25.8. The number of ether oxygens (including phenoxy) is 2. The van der Waals surface area contributed by atoms with Crippen molar-refractivity contribution in [3.8, 4) is 5.75 Å². The fraction of sp³-hybridized carbons (Fsp3) is 0.476. The Labute approximate surface area is 185 Å². The maximum Gasteiger partial charge on any atom is 0.305 e. The molecule has 3 unspecified atom stereocenters. The van der Waals surface area contributed by atoms with E-state index in [1.807, 2.05) is 6.26 Å². The molecule has 0 saturated carbocycles. The molecule has 9 nitrogen and oxygen atoms in total. The summed E-state index contributed by atoms with van der Waals surface area (Å²) in [4.78, 5) is 37.2. The summed E-state index contributed by atoms with van der Waals surface area (Å²) in [7, 11) is 2.75. The summed E-state index contributed by atoms with van der Waals surface area (Å²) < 4.78 is 9.83. The molecule has 0 fully saturated rings. The number of nitrogens with one attached hydrogen (secondary N) is 2. The first-order valence-corrected chi connectivity index (χ1v) is 11.0. The van der Waals surface area contributed by atoms with Gasteiger partial charge in [0.1, 0.15) is 11.9 Å².